The zero-order chi connectivity index (χ0) is 22.4. The summed E-state index contributed by atoms with van der Waals surface area (Å²) in [5.74, 6) is -2.21. The molecule has 1 aliphatic rings. The molecule has 12 nitrogen and oxygen atoms in total. The van der Waals surface area contributed by atoms with Crippen molar-refractivity contribution in [2.24, 2.45) is 10.8 Å². The average molecular weight is 478 g/mol. The number of azide groups is 1. The zero-order valence-corrected chi connectivity index (χ0v) is 17.8. The van der Waals surface area contributed by atoms with E-state index in [1.54, 1.807) is 0 Å². The zero-order valence-electron chi connectivity index (χ0n) is 15.5. The number of halogens is 3. The lowest BCUT2D eigenvalue weighted by Gasteiger charge is -2.44. The van der Waals surface area contributed by atoms with Crippen molar-refractivity contribution in [3.8, 4) is 0 Å². The lowest BCUT2D eigenvalue weighted by molar-refractivity contribution is -0.283. The van der Waals surface area contributed by atoms with Gasteiger partial charge in [0.05, 0.1) is 0 Å². The maximum atomic E-state index is 11.6. The quantitative estimate of drug-likeness (QED) is 0.108. The topological polar surface area (TPSA) is 172 Å². The van der Waals surface area contributed by atoms with Gasteiger partial charge in [-0.25, -0.2) is 0 Å². The molecule has 2 N–H and O–H groups in total. The van der Waals surface area contributed by atoms with E-state index in [0.717, 1.165) is 20.8 Å². The Hall–Kier alpha value is -1.53. The fraction of sp³-hybridized carbons (Fsp3) is 0.786. The summed E-state index contributed by atoms with van der Waals surface area (Å²) in [6.07, 6.45) is -6.94. The Morgan fingerprint density at radius 1 is 1.14 bits per heavy atom. The van der Waals surface area contributed by atoms with E-state index in [-0.39, 0.29) is 0 Å². The molecule has 0 aromatic heterocycles. The molecule has 29 heavy (non-hydrogen) atoms. The fourth-order valence-electron chi connectivity index (χ4n) is 2.40. The lowest BCUT2D eigenvalue weighted by Crippen LogP contribution is -2.62. The Kier molecular flexibility index (Phi) is 9.69. The van der Waals surface area contributed by atoms with Gasteiger partial charge in [0.1, 0.15) is 18.8 Å². The first-order valence-corrected chi connectivity index (χ1v) is 9.15. The summed E-state index contributed by atoms with van der Waals surface area (Å²) in [5.41, 5.74) is 14.6. The maximum absolute atomic E-state index is 11.6. The molecule has 0 aromatic carbocycles. The van der Waals surface area contributed by atoms with Crippen LogP contribution in [-0.4, -0.2) is 65.2 Å². The fourth-order valence-corrected chi connectivity index (χ4v) is 2.56. The number of hydrogen-bond donors (Lipinski definition) is 1. The molecule has 0 aliphatic carbocycles. The van der Waals surface area contributed by atoms with E-state index in [1.807, 2.05) is 0 Å². The Balaban J connectivity index is 3.33. The first-order valence-electron chi connectivity index (χ1n) is 8.02. The molecule has 0 spiro atoms. The average Bonchev–Trinajstić information content (AvgIpc) is 2.56. The van der Waals surface area contributed by atoms with Gasteiger partial charge in [0, 0.05) is 25.7 Å². The van der Waals surface area contributed by atoms with Gasteiger partial charge < -0.3 is 29.4 Å². The number of carbonyl (C=O) groups excluding carboxylic acids is 3. The van der Waals surface area contributed by atoms with Crippen molar-refractivity contribution in [3.05, 3.63) is 10.4 Å². The normalized spacial score (nSPS) is 27.9. The number of alkyl halides is 3. The highest BCUT2D eigenvalue weighted by Crippen LogP contribution is 2.34. The molecule has 164 valence electrons. The molecule has 1 rings (SSSR count). The molecule has 1 aliphatic heterocycles. The second-order valence-electron chi connectivity index (χ2n) is 5.79. The summed E-state index contributed by atoms with van der Waals surface area (Å²) in [5, 5.41) is 3.49. The standard InChI is InChI=1S/C14H19Cl3N4O8/c1-5(22)25-4-8-10(26-6(2)23)11(27-7(3)24)9(20-21-19)12(28-8)29-13(18)14(15,16)17/h8-13H,4,18H2,1-3H3/t8-,9-,10-,11-,12+,13?/m1/s1. The van der Waals surface area contributed by atoms with Crippen molar-refractivity contribution in [2.75, 3.05) is 6.61 Å². The van der Waals surface area contributed by atoms with E-state index < -0.39 is 65.2 Å². The number of nitrogens with zero attached hydrogens (tertiary/aromatic N) is 3. The van der Waals surface area contributed by atoms with E-state index in [2.05, 4.69) is 10.0 Å². The highest BCUT2D eigenvalue weighted by molar-refractivity contribution is 6.68. The summed E-state index contributed by atoms with van der Waals surface area (Å²) in [6.45, 7) is 2.90. The van der Waals surface area contributed by atoms with Crippen LogP contribution in [0.1, 0.15) is 20.8 Å². The number of esters is 3. The summed E-state index contributed by atoms with van der Waals surface area (Å²) in [7, 11) is 0. The Morgan fingerprint density at radius 3 is 2.14 bits per heavy atom. The molecule has 1 fully saturated rings. The Morgan fingerprint density at radius 2 is 1.69 bits per heavy atom. The predicted octanol–water partition coefficient (Wildman–Crippen LogP) is 1.49. The summed E-state index contributed by atoms with van der Waals surface area (Å²) in [6, 6.07) is -1.39. The third-order valence-electron chi connectivity index (χ3n) is 3.46. The molecule has 0 bridgehead atoms. The summed E-state index contributed by atoms with van der Waals surface area (Å²) >= 11 is 17.0. The van der Waals surface area contributed by atoms with Gasteiger partial charge in [0.2, 0.25) is 3.79 Å². The van der Waals surface area contributed by atoms with Gasteiger partial charge in [-0.1, -0.05) is 39.9 Å². The van der Waals surface area contributed by atoms with Crippen LogP contribution < -0.4 is 5.73 Å². The molecule has 1 unspecified atom stereocenters. The van der Waals surface area contributed by atoms with Crippen molar-refractivity contribution in [3.63, 3.8) is 0 Å². The SMILES string of the molecule is CC(=O)OC[C@H]1O[C@@H](OC(N)C(Cl)(Cl)Cl)[C@H](N=[N+]=[N-])[C@@H](OC(C)=O)[C@@H]1OC(C)=O. The van der Waals surface area contributed by atoms with E-state index >= 15 is 0 Å². The van der Waals surface area contributed by atoms with Crippen molar-refractivity contribution in [1.29, 1.82) is 0 Å². The van der Waals surface area contributed by atoms with Crippen LogP contribution in [0.25, 0.3) is 10.4 Å². The molecule has 0 aromatic rings. The number of hydrogen-bond acceptors (Lipinski definition) is 10. The van der Waals surface area contributed by atoms with E-state index in [4.69, 9.17) is 69.8 Å². The van der Waals surface area contributed by atoms with E-state index in [9.17, 15) is 14.4 Å². The second-order valence-corrected chi connectivity index (χ2v) is 8.16. The minimum Gasteiger partial charge on any atom is -0.463 e. The molecule has 0 amide bonds. The van der Waals surface area contributed by atoms with Crippen LogP contribution in [0.5, 0.6) is 0 Å². The van der Waals surface area contributed by atoms with Gasteiger partial charge in [-0.2, -0.15) is 0 Å². The van der Waals surface area contributed by atoms with Crippen LogP contribution >= 0.6 is 34.8 Å². The summed E-state index contributed by atoms with van der Waals surface area (Å²) < 4.78 is 24.1. The van der Waals surface area contributed by atoms with Crippen LogP contribution in [0.4, 0.5) is 0 Å². The molecule has 0 radical (unpaired) electrons. The minimum atomic E-state index is -2.08. The molecule has 0 saturated carbocycles. The molecular formula is C14H19Cl3N4O8. The minimum absolute atomic E-state index is 0.420. The van der Waals surface area contributed by atoms with Gasteiger partial charge in [-0.15, -0.1) is 0 Å². The molecule has 1 saturated heterocycles. The molecule has 6 atom stereocenters. The number of rotatable bonds is 7. The molecular weight excluding hydrogens is 459 g/mol. The van der Waals surface area contributed by atoms with E-state index in [1.165, 1.54) is 0 Å². The highest BCUT2D eigenvalue weighted by Gasteiger charge is 2.52. The Bertz CT molecular complexity index is 670. The first kappa shape index (κ1) is 25.5. The monoisotopic (exact) mass is 476 g/mol. The van der Waals surface area contributed by atoms with Gasteiger partial charge in [0.25, 0.3) is 0 Å². The van der Waals surface area contributed by atoms with Crippen molar-refractivity contribution in [1.82, 2.24) is 0 Å². The third-order valence-corrected chi connectivity index (χ3v) is 4.10. The number of ether oxygens (including phenoxy) is 5. The van der Waals surface area contributed by atoms with Crippen LogP contribution in [0, 0.1) is 0 Å². The van der Waals surface area contributed by atoms with Crippen LogP contribution in [0.15, 0.2) is 5.11 Å². The first-order chi connectivity index (χ1) is 13.4. The van der Waals surface area contributed by atoms with Gasteiger partial charge in [0.15, 0.2) is 24.7 Å². The molecule has 15 heteroatoms. The van der Waals surface area contributed by atoms with E-state index in [0.29, 0.717) is 0 Å². The third kappa shape index (κ3) is 8.01. The predicted molar refractivity (Wildman–Crippen MR) is 98.7 cm³/mol. The number of nitrogens with two attached hydrogens (primary N) is 1. The number of carbonyl (C=O) groups is 3. The van der Waals surface area contributed by atoms with Gasteiger partial charge in [-0.3, -0.25) is 14.4 Å². The molecule has 1 heterocycles. The van der Waals surface area contributed by atoms with Crippen LogP contribution in [0.2, 0.25) is 0 Å². The maximum Gasteiger partial charge on any atom is 0.303 e. The van der Waals surface area contributed by atoms with Gasteiger partial charge >= 0.3 is 17.9 Å². The largest absolute Gasteiger partial charge is 0.463 e. The van der Waals surface area contributed by atoms with Crippen LogP contribution in [0.3, 0.4) is 0 Å². The highest BCUT2D eigenvalue weighted by atomic mass is 35.6. The smallest absolute Gasteiger partial charge is 0.303 e. The van der Waals surface area contributed by atoms with Crippen LogP contribution in [-0.2, 0) is 38.1 Å². The Labute approximate surface area is 180 Å². The summed E-state index contributed by atoms with van der Waals surface area (Å²) in [4.78, 5) is 37.0. The van der Waals surface area contributed by atoms with Crippen molar-refractivity contribution >= 4 is 52.7 Å². The lowest BCUT2D eigenvalue weighted by atomic mass is 9.97. The van der Waals surface area contributed by atoms with Crippen molar-refractivity contribution in [2.45, 2.75) is 61.4 Å². The van der Waals surface area contributed by atoms with Gasteiger partial charge in [-0.05, 0) is 5.53 Å². The van der Waals surface area contributed by atoms with Crippen molar-refractivity contribution < 1.29 is 38.1 Å². The second kappa shape index (κ2) is 11.0.